The molecule has 2 aromatic carbocycles. The summed E-state index contributed by atoms with van der Waals surface area (Å²) in [5.74, 6) is 0.381. The zero-order valence-corrected chi connectivity index (χ0v) is 17.6. The van der Waals surface area contributed by atoms with E-state index in [1.54, 1.807) is 17.6 Å². The number of benzene rings is 2. The molecule has 0 unspecified atom stereocenters. The Morgan fingerprint density at radius 3 is 2.15 bits per heavy atom. The minimum atomic E-state index is -0.158. The van der Waals surface area contributed by atoms with Gasteiger partial charge in [-0.15, -0.1) is 0 Å². The van der Waals surface area contributed by atoms with Crippen LogP contribution in [0.2, 0.25) is 0 Å². The number of nitrogens with one attached hydrogen (secondary N) is 1. The van der Waals surface area contributed by atoms with Crippen LogP contribution in [0, 0.1) is 0 Å². The molecule has 0 fully saturated rings. The van der Waals surface area contributed by atoms with Gasteiger partial charge in [-0.05, 0) is 40.7 Å². The number of aromatic hydroxyl groups is 1. The average molecular weight is 382 g/mol. The first-order valence-corrected chi connectivity index (χ1v) is 9.90. The number of fused-ring (bicyclic) bond motifs is 1. The van der Waals surface area contributed by atoms with Crippen molar-refractivity contribution in [2.75, 3.05) is 5.43 Å². The predicted molar refractivity (Wildman–Crippen MR) is 116 cm³/mol. The lowest BCUT2D eigenvalue weighted by Gasteiger charge is -2.27. The molecule has 5 heteroatoms. The van der Waals surface area contributed by atoms with Crippen LogP contribution in [-0.2, 0) is 10.8 Å². The Morgan fingerprint density at radius 1 is 1.00 bits per heavy atom. The Bertz CT molecular complexity index is 923. The molecule has 0 atom stereocenters. The van der Waals surface area contributed by atoms with Crippen LogP contribution in [-0.4, -0.2) is 16.3 Å². The van der Waals surface area contributed by atoms with Gasteiger partial charge in [-0.1, -0.05) is 65.0 Å². The first-order valence-electron chi connectivity index (χ1n) is 9.08. The smallest absolute Gasteiger partial charge is 0.204 e. The highest BCUT2D eigenvalue weighted by Gasteiger charge is 2.26. The van der Waals surface area contributed by atoms with E-state index in [4.69, 9.17) is 0 Å². The Balaban J connectivity index is 1.92. The number of anilines is 1. The largest absolute Gasteiger partial charge is 0.507 e. The molecular weight excluding hydrogens is 354 g/mol. The molecule has 0 aliphatic rings. The van der Waals surface area contributed by atoms with E-state index < -0.39 is 0 Å². The molecule has 0 saturated heterocycles. The summed E-state index contributed by atoms with van der Waals surface area (Å²) >= 11 is 1.57. The van der Waals surface area contributed by atoms with E-state index in [0.717, 1.165) is 32.0 Å². The molecule has 0 amide bonds. The molecule has 0 aliphatic carbocycles. The van der Waals surface area contributed by atoms with Gasteiger partial charge >= 0.3 is 0 Å². The molecule has 4 nitrogen and oxygen atoms in total. The number of aromatic nitrogens is 1. The van der Waals surface area contributed by atoms with Crippen molar-refractivity contribution in [3.05, 3.63) is 53.1 Å². The summed E-state index contributed by atoms with van der Waals surface area (Å²) in [6.07, 6.45) is 1.79. The van der Waals surface area contributed by atoms with Gasteiger partial charge in [0.25, 0.3) is 0 Å². The first kappa shape index (κ1) is 19.4. The Morgan fingerprint density at radius 2 is 1.59 bits per heavy atom. The third kappa shape index (κ3) is 4.30. The number of thiazole rings is 1. The van der Waals surface area contributed by atoms with E-state index in [9.17, 15) is 5.11 Å². The van der Waals surface area contributed by atoms with Crippen LogP contribution < -0.4 is 5.43 Å². The number of hydrazone groups is 1. The number of nitrogens with zero attached hydrogens (tertiary/aromatic N) is 2. The Kier molecular flexibility index (Phi) is 5.00. The lowest BCUT2D eigenvalue weighted by atomic mass is 9.78. The number of phenolic OH excluding ortho intramolecular Hbond substituents is 1. The van der Waals surface area contributed by atoms with Crippen molar-refractivity contribution >= 4 is 32.9 Å². The lowest BCUT2D eigenvalue weighted by Crippen LogP contribution is -2.17. The third-order valence-corrected chi connectivity index (χ3v) is 5.36. The summed E-state index contributed by atoms with van der Waals surface area (Å²) in [5, 5.41) is 15.9. The second-order valence-electron chi connectivity index (χ2n) is 8.82. The number of hydrogen-bond acceptors (Lipinski definition) is 5. The van der Waals surface area contributed by atoms with Crippen molar-refractivity contribution in [2.24, 2.45) is 5.10 Å². The van der Waals surface area contributed by atoms with Crippen molar-refractivity contribution in [1.29, 1.82) is 0 Å². The third-order valence-electron chi connectivity index (χ3n) is 4.42. The fourth-order valence-electron chi connectivity index (χ4n) is 2.96. The van der Waals surface area contributed by atoms with Crippen LogP contribution >= 0.6 is 11.3 Å². The van der Waals surface area contributed by atoms with Crippen LogP contribution in [0.25, 0.3) is 10.2 Å². The van der Waals surface area contributed by atoms with Crippen molar-refractivity contribution in [3.63, 3.8) is 0 Å². The Labute approximate surface area is 165 Å². The molecule has 27 heavy (non-hydrogen) atoms. The second kappa shape index (κ2) is 6.97. The summed E-state index contributed by atoms with van der Waals surface area (Å²) in [6, 6.07) is 12.0. The van der Waals surface area contributed by atoms with Crippen molar-refractivity contribution in [3.8, 4) is 5.75 Å². The summed E-state index contributed by atoms with van der Waals surface area (Å²) in [4.78, 5) is 4.53. The normalized spacial score (nSPS) is 12.8. The van der Waals surface area contributed by atoms with Gasteiger partial charge in [0.15, 0.2) is 0 Å². The Hall–Kier alpha value is -2.40. The maximum absolute atomic E-state index is 10.8. The lowest BCUT2D eigenvalue weighted by molar-refractivity contribution is 0.423. The fraction of sp³-hybridized carbons (Fsp3) is 0.364. The van der Waals surface area contributed by atoms with Crippen LogP contribution in [0.1, 0.15) is 58.2 Å². The summed E-state index contributed by atoms with van der Waals surface area (Å²) in [5.41, 5.74) is 6.49. The van der Waals surface area contributed by atoms with E-state index in [1.807, 2.05) is 36.4 Å². The molecule has 2 N–H and O–H groups in total. The molecule has 0 radical (unpaired) electrons. The predicted octanol–water partition coefficient (Wildman–Crippen LogP) is 6.04. The molecule has 1 aromatic heterocycles. The quantitative estimate of drug-likeness (QED) is 0.429. The average Bonchev–Trinajstić information content (AvgIpc) is 2.96. The number of para-hydroxylation sites is 1. The molecule has 1 heterocycles. The zero-order valence-electron chi connectivity index (χ0n) is 16.8. The molecule has 0 spiro atoms. The SMILES string of the molecule is CC(C)(C)c1cc(C=NNc2nc3ccccc3s2)cc(C(C)(C)C)c1O. The van der Waals surface area contributed by atoms with Crippen LogP contribution in [0.5, 0.6) is 5.75 Å². The monoisotopic (exact) mass is 381 g/mol. The fourth-order valence-corrected chi connectivity index (χ4v) is 3.77. The van der Waals surface area contributed by atoms with E-state index in [-0.39, 0.29) is 10.8 Å². The van der Waals surface area contributed by atoms with E-state index in [1.165, 1.54) is 0 Å². The highest BCUT2D eigenvalue weighted by molar-refractivity contribution is 7.22. The summed E-state index contributed by atoms with van der Waals surface area (Å²) in [7, 11) is 0. The molecular formula is C22H27N3OS. The van der Waals surface area contributed by atoms with Gasteiger partial charge in [-0.25, -0.2) is 4.98 Å². The van der Waals surface area contributed by atoms with Gasteiger partial charge in [0, 0.05) is 11.1 Å². The number of rotatable bonds is 3. The van der Waals surface area contributed by atoms with Gasteiger partial charge in [-0.3, -0.25) is 5.43 Å². The summed E-state index contributed by atoms with van der Waals surface area (Å²) in [6.45, 7) is 12.6. The van der Waals surface area contributed by atoms with Crippen LogP contribution in [0.15, 0.2) is 41.5 Å². The highest BCUT2D eigenvalue weighted by Crippen LogP contribution is 2.39. The van der Waals surface area contributed by atoms with Crippen molar-refractivity contribution < 1.29 is 5.11 Å². The maximum atomic E-state index is 10.8. The van der Waals surface area contributed by atoms with Gasteiger partial charge in [0.2, 0.25) is 5.13 Å². The number of hydrogen-bond donors (Lipinski definition) is 2. The van der Waals surface area contributed by atoms with E-state index in [2.05, 4.69) is 57.1 Å². The molecule has 142 valence electrons. The molecule has 0 bridgehead atoms. The van der Waals surface area contributed by atoms with Crippen LogP contribution in [0.4, 0.5) is 5.13 Å². The van der Waals surface area contributed by atoms with Crippen molar-refractivity contribution in [1.82, 2.24) is 4.98 Å². The van der Waals surface area contributed by atoms with Crippen molar-refractivity contribution in [2.45, 2.75) is 52.4 Å². The van der Waals surface area contributed by atoms with E-state index in [0.29, 0.717) is 5.75 Å². The molecule has 0 aliphatic heterocycles. The van der Waals surface area contributed by atoms with Gasteiger partial charge in [0.05, 0.1) is 16.4 Å². The standard InChI is InChI=1S/C22H27N3OS/c1-21(2,3)15-11-14(12-16(19(15)26)22(4,5)6)13-23-25-20-24-17-9-7-8-10-18(17)27-20/h7-13,26H,1-6H3,(H,24,25). The molecule has 3 rings (SSSR count). The highest BCUT2D eigenvalue weighted by atomic mass is 32.1. The van der Waals surface area contributed by atoms with Gasteiger partial charge in [-0.2, -0.15) is 5.10 Å². The minimum absolute atomic E-state index is 0.158. The van der Waals surface area contributed by atoms with Gasteiger partial charge < -0.3 is 5.11 Å². The second-order valence-corrected chi connectivity index (χ2v) is 9.85. The molecule has 3 aromatic rings. The first-order chi connectivity index (χ1) is 12.6. The van der Waals surface area contributed by atoms with Crippen LogP contribution in [0.3, 0.4) is 0 Å². The van der Waals surface area contributed by atoms with E-state index >= 15 is 0 Å². The maximum Gasteiger partial charge on any atom is 0.204 e. The minimum Gasteiger partial charge on any atom is -0.507 e. The molecule has 0 saturated carbocycles. The topological polar surface area (TPSA) is 57.5 Å². The summed E-state index contributed by atoms with van der Waals surface area (Å²) < 4.78 is 1.13. The number of phenols is 1. The van der Waals surface area contributed by atoms with Gasteiger partial charge in [0.1, 0.15) is 5.75 Å². The zero-order chi connectivity index (χ0) is 19.8.